The first kappa shape index (κ1) is 14.5. The van der Waals surface area contributed by atoms with Crippen LogP contribution in [0.15, 0.2) is 23.1 Å². The minimum Gasteiger partial charge on any atom is -0.477 e. The Hall–Kier alpha value is -1.56. The summed E-state index contributed by atoms with van der Waals surface area (Å²) in [7, 11) is 0. The van der Waals surface area contributed by atoms with Gasteiger partial charge < -0.3 is 5.11 Å². The number of aromatic carboxylic acids is 1. The molecule has 98 valence electrons. The second-order valence-electron chi connectivity index (χ2n) is 3.80. The number of benzene rings is 1. The number of nitro groups is 1. The lowest BCUT2D eigenvalue weighted by atomic mass is 10.2. The molecule has 0 heterocycles. The molecule has 0 saturated carbocycles. The first-order valence-corrected chi connectivity index (χ1v) is 6.69. The van der Waals surface area contributed by atoms with Crippen LogP contribution in [0.5, 0.6) is 0 Å². The van der Waals surface area contributed by atoms with E-state index < -0.39 is 10.9 Å². The van der Waals surface area contributed by atoms with Crippen LogP contribution in [0.1, 0.15) is 36.5 Å². The molecule has 0 radical (unpaired) electrons. The molecular formula is C12H15NO4S. The number of thioether (sulfide) groups is 1. The van der Waals surface area contributed by atoms with Crippen LogP contribution in [-0.4, -0.2) is 21.8 Å². The number of rotatable bonds is 7. The van der Waals surface area contributed by atoms with E-state index in [1.54, 1.807) is 6.07 Å². The van der Waals surface area contributed by atoms with Crippen molar-refractivity contribution >= 4 is 23.4 Å². The molecular weight excluding hydrogens is 254 g/mol. The highest BCUT2D eigenvalue weighted by Gasteiger charge is 2.19. The van der Waals surface area contributed by atoms with Gasteiger partial charge in [-0.25, -0.2) is 4.79 Å². The van der Waals surface area contributed by atoms with E-state index in [1.807, 2.05) is 0 Å². The summed E-state index contributed by atoms with van der Waals surface area (Å²) in [6.45, 7) is 2.11. The highest BCUT2D eigenvalue weighted by Crippen LogP contribution is 2.27. The Morgan fingerprint density at radius 1 is 1.44 bits per heavy atom. The number of carboxylic acids is 1. The summed E-state index contributed by atoms with van der Waals surface area (Å²) in [6.07, 6.45) is 3.30. The minimum absolute atomic E-state index is 0.266. The fourth-order valence-electron chi connectivity index (χ4n) is 1.48. The van der Waals surface area contributed by atoms with Gasteiger partial charge in [0.25, 0.3) is 5.69 Å². The molecule has 0 fully saturated rings. The van der Waals surface area contributed by atoms with Crippen LogP contribution in [0.25, 0.3) is 0 Å². The predicted octanol–water partition coefficient (Wildman–Crippen LogP) is 3.58. The third-order valence-electron chi connectivity index (χ3n) is 2.41. The van der Waals surface area contributed by atoms with Crippen LogP contribution in [0.2, 0.25) is 0 Å². The van der Waals surface area contributed by atoms with Gasteiger partial charge in [0.05, 0.1) is 4.92 Å². The van der Waals surface area contributed by atoms with E-state index in [0.29, 0.717) is 0 Å². The smallest absolute Gasteiger partial charge is 0.342 e. The topological polar surface area (TPSA) is 80.4 Å². The van der Waals surface area contributed by atoms with Crippen molar-refractivity contribution in [3.63, 3.8) is 0 Å². The highest BCUT2D eigenvalue weighted by atomic mass is 32.2. The summed E-state index contributed by atoms with van der Waals surface area (Å²) in [4.78, 5) is 21.7. The number of carboxylic acid groups (broad SMARTS) is 1. The molecule has 0 saturated heterocycles. The Labute approximate surface area is 109 Å². The molecule has 18 heavy (non-hydrogen) atoms. The zero-order chi connectivity index (χ0) is 13.5. The van der Waals surface area contributed by atoms with E-state index in [2.05, 4.69) is 6.92 Å². The van der Waals surface area contributed by atoms with Crippen LogP contribution >= 0.6 is 11.8 Å². The van der Waals surface area contributed by atoms with Gasteiger partial charge in [-0.1, -0.05) is 19.8 Å². The Kier molecular flexibility index (Phi) is 5.64. The Bertz CT molecular complexity index is 448. The van der Waals surface area contributed by atoms with Gasteiger partial charge in [0.1, 0.15) is 5.56 Å². The average molecular weight is 269 g/mol. The molecule has 1 N–H and O–H groups in total. The Morgan fingerprint density at radius 2 is 2.17 bits per heavy atom. The van der Waals surface area contributed by atoms with Gasteiger partial charge in [-0.2, -0.15) is 0 Å². The lowest BCUT2D eigenvalue weighted by Crippen LogP contribution is -2.02. The van der Waals surface area contributed by atoms with E-state index in [4.69, 9.17) is 5.11 Å². The van der Waals surface area contributed by atoms with E-state index >= 15 is 0 Å². The molecule has 6 heteroatoms. The molecule has 1 rings (SSSR count). The molecule has 1 aromatic rings. The first-order chi connectivity index (χ1) is 8.56. The van der Waals surface area contributed by atoms with E-state index in [1.165, 1.54) is 23.9 Å². The summed E-state index contributed by atoms with van der Waals surface area (Å²) < 4.78 is 0. The van der Waals surface area contributed by atoms with Crippen LogP contribution < -0.4 is 0 Å². The van der Waals surface area contributed by atoms with Crippen molar-refractivity contribution in [2.75, 3.05) is 5.75 Å². The largest absolute Gasteiger partial charge is 0.477 e. The zero-order valence-electron chi connectivity index (χ0n) is 10.1. The van der Waals surface area contributed by atoms with Gasteiger partial charge in [0.15, 0.2) is 0 Å². The van der Waals surface area contributed by atoms with E-state index in [9.17, 15) is 14.9 Å². The standard InChI is InChI=1S/C12H15NO4S/c1-2-3-4-7-18-9-5-6-10(12(14)15)11(8-9)13(16)17/h5-6,8H,2-4,7H2,1H3,(H,14,15). The fraction of sp³-hybridized carbons (Fsp3) is 0.417. The number of carbonyl (C=O) groups is 1. The van der Waals surface area contributed by atoms with Crippen molar-refractivity contribution in [2.45, 2.75) is 31.1 Å². The van der Waals surface area contributed by atoms with Gasteiger partial charge in [0.2, 0.25) is 0 Å². The molecule has 0 atom stereocenters. The van der Waals surface area contributed by atoms with Crippen molar-refractivity contribution in [3.05, 3.63) is 33.9 Å². The monoisotopic (exact) mass is 269 g/mol. The summed E-state index contributed by atoms with van der Waals surface area (Å²) in [6, 6.07) is 4.25. The highest BCUT2D eigenvalue weighted by molar-refractivity contribution is 7.99. The molecule has 0 aromatic heterocycles. The lowest BCUT2D eigenvalue weighted by Gasteiger charge is -2.03. The summed E-state index contributed by atoms with van der Waals surface area (Å²) >= 11 is 1.51. The van der Waals surface area contributed by atoms with Crippen LogP contribution in [0.4, 0.5) is 5.69 Å². The van der Waals surface area contributed by atoms with Gasteiger partial charge in [0, 0.05) is 11.0 Å². The Balaban J connectivity index is 2.80. The second-order valence-corrected chi connectivity index (χ2v) is 4.97. The molecule has 0 unspecified atom stereocenters. The minimum atomic E-state index is -1.27. The van der Waals surface area contributed by atoms with Crippen molar-refractivity contribution in [1.29, 1.82) is 0 Å². The second kappa shape index (κ2) is 7.00. The maximum atomic E-state index is 10.8. The maximum absolute atomic E-state index is 10.8. The van der Waals surface area contributed by atoms with Gasteiger partial charge >= 0.3 is 5.97 Å². The molecule has 5 nitrogen and oxygen atoms in total. The van der Waals surface area contributed by atoms with Gasteiger partial charge in [-0.3, -0.25) is 10.1 Å². The molecule has 0 aliphatic rings. The molecule has 0 aliphatic heterocycles. The summed E-state index contributed by atoms with van der Waals surface area (Å²) in [5, 5.41) is 19.6. The number of unbranched alkanes of at least 4 members (excludes halogenated alkanes) is 2. The number of nitro benzene ring substituents is 1. The number of hydrogen-bond acceptors (Lipinski definition) is 4. The number of nitrogens with zero attached hydrogens (tertiary/aromatic N) is 1. The summed E-state index contributed by atoms with van der Waals surface area (Å²) in [5.74, 6) is -0.388. The van der Waals surface area contributed by atoms with Crippen molar-refractivity contribution in [2.24, 2.45) is 0 Å². The third-order valence-corrected chi connectivity index (χ3v) is 3.49. The SMILES string of the molecule is CCCCCSc1ccc(C(=O)O)c([N+](=O)[O-])c1. The fourth-order valence-corrected chi connectivity index (χ4v) is 2.42. The molecule has 0 aliphatic carbocycles. The van der Waals surface area contributed by atoms with Crippen LogP contribution in [-0.2, 0) is 0 Å². The third kappa shape index (κ3) is 4.03. The van der Waals surface area contributed by atoms with Crippen molar-refractivity contribution in [3.8, 4) is 0 Å². The first-order valence-electron chi connectivity index (χ1n) is 5.70. The van der Waals surface area contributed by atoms with Crippen molar-refractivity contribution in [1.82, 2.24) is 0 Å². The maximum Gasteiger partial charge on any atom is 0.342 e. The average Bonchev–Trinajstić information content (AvgIpc) is 2.34. The van der Waals surface area contributed by atoms with Crippen molar-refractivity contribution < 1.29 is 14.8 Å². The number of hydrogen-bond donors (Lipinski definition) is 1. The molecule has 1 aromatic carbocycles. The quantitative estimate of drug-likeness (QED) is 0.354. The molecule has 0 amide bonds. The molecule has 0 bridgehead atoms. The molecule has 0 spiro atoms. The van der Waals surface area contributed by atoms with E-state index in [0.717, 1.165) is 29.9 Å². The van der Waals surface area contributed by atoms with Gasteiger partial charge in [-0.05, 0) is 24.3 Å². The van der Waals surface area contributed by atoms with E-state index in [-0.39, 0.29) is 11.3 Å². The lowest BCUT2D eigenvalue weighted by molar-refractivity contribution is -0.385. The normalized spacial score (nSPS) is 10.3. The van der Waals surface area contributed by atoms with Crippen LogP contribution in [0.3, 0.4) is 0 Å². The predicted molar refractivity (Wildman–Crippen MR) is 70.3 cm³/mol. The zero-order valence-corrected chi connectivity index (χ0v) is 10.9. The Morgan fingerprint density at radius 3 is 2.72 bits per heavy atom. The summed E-state index contributed by atoms with van der Waals surface area (Å²) in [5.41, 5.74) is -0.610. The van der Waals surface area contributed by atoms with Gasteiger partial charge in [-0.15, -0.1) is 11.8 Å². The van der Waals surface area contributed by atoms with Crippen LogP contribution in [0, 0.1) is 10.1 Å².